The van der Waals surface area contributed by atoms with E-state index in [0.29, 0.717) is 6.04 Å². The quantitative estimate of drug-likeness (QED) is 0.709. The Bertz CT molecular complexity index is 716. The molecule has 1 fully saturated rings. The summed E-state index contributed by atoms with van der Waals surface area (Å²) in [6.45, 7) is 2.07. The van der Waals surface area contributed by atoms with Crippen LogP contribution in [0.25, 0.3) is 22.1 Å². The topological polar surface area (TPSA) is 46.5 Å². The molecule has 0 aromatic carbocycles. The Morgan fingerprint density at radius 3 is 2.94 bits per heavy atom. The van der Waals surface area contributed by atoms with Crippen molar-refractivity contribution in [1.29, 1.82) is 0 Å². The zero-order valence-electron chi connectivity index (χ0n) is 10.5. The molecule has 18 heavy (non-hydrogen) atoms. The number of pyridine rings is 1. The van der Waals surface area contributed by atoms with Crippen molar-refractivity contribution in [3.8, 4) is 0 Å². The van der Waals surface area contributed by atoms with E-state index in [2.05, 4.69) is 32.5 Å². The number of aromatic amines is 1. The SMILES string of the molecule is Cc1cc2cnc3c(ncn3C3CCCC3)c2[nH]1. The maximum absolute atomic E-state index is 4.61. The summed E-state index contributed by atoms with van der Waals surface area (Å²) in [7, 11) is 0. The molecule has 1 saturated carbocycles. The lowest BCUT2D eigenvalue weighted by Gasteiger charge is -2.10. The lowest BCUT2D eigenvalue weighted by atomic mass is 10.2. The van der Waals surface area contributed by atoms with Crippen LogP contribution in [0, 0.1) is 6.92 Å². The van der Waals surface area contributed by atoms with E-state index in [1.165, 1.54) is 25.7 Å². The van der Waals surface area contributed by atoms with Gasteiger partial charge < -0.3 is 9.55 Å². The Hall–Kier alpha value is -1.84. The van der Waals surface area contributed by atoms with E-state index < -0.39 is 0 Å². The second-order valence-electron chi connectivity index (χ2n) is 5.30. The van der Waals surface area contributed by atoms with Gasteiger partial charge in [-0.2, -0.15) is 0 Å². The van der Waals surface area contributed by atoms with E-state index in [4.69, 9.17) is 0 Å². The van der Waals surface area contributed by atoms with Crippen LogP contribution in [0.5, 0.6) is 0 Å². The number of fused-ring (bicyclic) bond motifs is 3. The van der Waals surface area contributed by atoms with Crippen molar-refractivity contribution < 1.29 is 0 Å². The average molecular weight is 240 g/mol. The smallest absolute Gasteiger partial charge is 0.162 e. The van der Waals surface area contributed by atoms with Crippen LogP contribution in [-0.2, 0) is 0 Å². The molecule has 1 aliphatic rings. The van der Waals surface area contributed by atoms with Gasteiger partial charge in [-0.1, -0.05) is 12.8 Å². The van der Waals surface area contributed by atoms with Gasteiger partial charge in [-0.15, -0.1) is 0 Å². The van der Waals surface area contributed by atoms with Gasteiger partial charge in [0.25, 0.3) is 0 Å². The number of aromatic nitrogens is 4. The first kappa shape index (κ1) is 10.1. The molecular weight excluding hydrogens is 224 g/mol. The summed E-state index contributed by atoms with van der Waals surface area (Å²) >= 11 is 0. The molecule has 92 valence electrons. The number of H-pyrrole nitrogens is 1. The summed E-state index contributed by atoms with van der Waals surface area (Å²) in [6.07, 6.45) is 9.09. The molecule has 4 heteroatoms. The second-order valence-corrected chi connectivity index (χ2v) is 5.30. The average Bonchev–Trinajstić information content (AvgIpc) is 3.04. The standard InChI is InChI=1S/C14H16N4/c1-9-6-10-7-15-14-13(12(10)17-9)16-8-18(14)11-4-2-3-5-11/h6-8,11,17H,2-5H2,1H3. The predicted molar refractivity (Wildman–Crippen MR) is 71.6 cm³/mol. The fourth-order valence-corrected chi connectivity index (χ4v) is 3.15. The van der Waals surface area contributed by atoms with E-state index in [1.54, 1.807) is 0 Å². The van der Waals surface area contributed by atoms with E-state index >= 15 is 0 Å². The normalized spacial score (nSPS) is 17.2. The van der Waals surface area contributed by atoms with Crippen LogP contribution in [0.15, 0.2) is 18.6 Å². The molecule has 1 N–H and O–H groups in total. The van der Waals surface area contributed by atoms with Gasteiger partial charge in [0.15, 0.2) is 5.65 Å². The molecule has 0 radical (unpaired) electrons. The largest absolute Gasteiger partial charge is 0.357 e. The highest BCUT2D eigenvalue weighted by atomic mass is 15.1. The van der Waals surface area contributed by atoms with Crippen LogP contribution in [0.3, 0.4) is 0 Å². The van der Waals surface area contributed by atoms with E-state index in [0.717, 1.165) is 27.8 Å². The van der Waals surface area contributed by atoms with Crippen LogP contribution in [-0.4, -0.2) is 19.5 Å². The van der Waals surface area contributed by atoms with E-state index in [1.807, 2.05) is 12.5 Å². The first-order valence-electron chi connectivity index (χ1n) is 6.64. The summed E-state index contributed by atoms with van der Waals surface area (Å²) in [6, 6.07) is 2.71. The number of rotatable bonds is 1. The molecular formula is C14H16N4. The highest BCUT2D eigenvalue weighted by Crippen LogP contribution is 2.32. The Morgan fingerprint density at radius 2 is 2.11 bits per heavy atom. The van der Waals surface area contributed by atoms with Gasteiger partial charge in [0.05, 0.1) is 11.8 Å². The minimum atomic E-state index is 0.594. The number of nitrogens with one attached hydrogen (secondary N) is 1. The van der Waals surface area contributed by atoms with Gasteiger partial charge in [0.2, 0.25) is 0 Å². The molecule has 3 aromatic rings. The van der Waals surface area contributed by atoms with E-state index in [9.17, 15) is 0 Å². The summed E-state index contributed by atoms with van der Waals surface area (Å²) in [5, 5.41) is 1.15. The van der Waals surface area contributed by atoms with Crippen molar-refractivity contribution in [2.45, 2.75) is 38.6 Å². The van der Waals surface area contributed by atoms with Crippen molar-refractivity contribution in [2.24, 2.45) is 0 Å². The Labute approximate surface area is 105 Å². The molecule has 3 heterocycles. The predicted octanol–water partition coefficient (Wildman–Crippen LogP) is 3.34. The summed E-state index contributed by atoms with van der Waals surface area (Å²) in [5.74, 6) is 0. The molecule has 0 spiro atoms. The van der Waals surface area contributed by atoms with Crippen molar-refractivity contribution in [2.75, 3.05) is 0 Å². The summed E-state index contributed by atoms with van der Waals surface area (Å²) < 4.78 is 2.26. The number of nitrogens with zero attached hydrogens (tertiary/aromatic N) is 3. The fraction of sp³-hybridized carbons (Fsp3) is 0.429. The lowest BCUT2D eigenvalue weighted by molar-refractivity contribution is 0.529. The van der Waals surface area contributed by atoms with E-state index in [-0.39, 0.29) is 0 Å². The van der Waals surface area contributed by atoms with Crippen molar-refractivity contribution in [3.05, 3.63) is 24.3 Å². The number of imidazole rings is 1. The Morgan fingerprint density at radius 1 is 1.28 bits per heavy atom. The summed E-state index contributed by atoms with van der Waals surface area (Å²) in [4.78, 5) is 12.6. The maximum atomic E-state index is 4.61. The molecule has 0 aliphatic heterocycles. The van der Waals surface area contributed by atoms with Gasteiger partial charge in [-0.05, 0) is 25.8 Å². The van der Waals surface area contributed by atoms with Crippen molar-refractivity contribution >= 4 is 22.1 Å². The van der Waals surface area contributed by atoms with Gasteiger partial charge in [0, 0.05) is 23.3 Å². The maximum Gasteiger partial charge on any atom is 0.162 e. The molecule has 0 amide bonds. The van der Waals surface area contributed by atoms with Crippen molar-refractivity contribution in [1.82, 2.24) is 19.5 Å². The zero-order chi connectivity index (χ0) is 12.1. The third-order valence-electron chi connectivity index (χ3n) is 4.03. The monoisotopic (exact) mass is 240 g/mol. The van der Waals surface area contributed by atoms with Crippen LogP contribution < -0.4 is 0 Å². The minimum Gasteiger partial charge on any atom is -0.357 e. The van der Waals surface area contributed by atoms with Crippen LogP contribution in [0.1, 0.15) is 37.4 Å². The molecule has 0 saturated heterocycles. The van der Waals surface area contributed by atoms with Gasteiger partial charge >= 0.3 is 0 Å². The highest BCUT2D eigenvalue weighted by Gasteiger charge is 2.20. The van der Waals surface area contributed by atoms with Gasteiger partial charge in [-0.3, -0.25) is 0 Å². The molecule has 1 aliphatic carbocycles. The third-order valence-corrected chi connectivity index (χ3v) is 4.03. The molecule has 0 bridgehead atoms. The Kier molecular flexibility index (Phi) is 2.01. The zero-order valence-corrected chi connectivity index (χ0v) is 10.5. The first-order valence-corrected chi connectivity index (χ1v) is 6.64. The summed E-state index contributed by atoms with van der Waals surface area (Å²) in [5.41, 5.74) is 4.31. The van der Waals surface area contributed by atoms with Crippen molar-refractivity contribution in [3.63, 3.8) is 0 Å². The molecule has 3 aromatic heterocycles. The second kappa shape index (κ2) is 3.57. The molecule has 0 atom stereocenters. The van der Waals surface area contributed by atoms with Gasteiger partial charge in [0.1, 0.15) is 5.52 Å². The number of hydrogen-bond acceptors (Lipinski definition) is 2. The first-order chi connectivity index (χ1) is 8.83. The molecule has 4 nitrogen and oxygen atoms in total. The number of aryl methyl sites for hydroxylation is 1. The van der Waals surface area contributed by atoms with Crippen LogP contribution in [0.4, 0.5) is 0 Å². The Balaban J connectivity index is 1.98. The van der Waals surface area contributed by atoms with Crippen LogP contribution >= 0.6 is 0 Å². The van der Waals surface area contributed by atoms with Gasteiger partial charge in [-0.25, -0.2) is 9.97 Å². The minimum absolute atomic E-state index is 0.594. The van der Waals surface area contributed by atoms with Crippen LogP contribution in [0.2, 0.25) is 0 Å². The molecule has 4 rings (SSSR count). The lowest BCUT2D eigenvalue weighted by Crippen LogP contribution is -2.03. The number of hydrogen-bond donors (Lipinski definition) is 1. The third kappa shape index (κ3) is 1.32. The highest BCUT2D eigenvalue weighted by molar-refractivity contribution is 6.00. The molecule has 0 unspecified atom stereocenters. The fourth-order valence-electron chi connectivity index (χ4n) is 3.15.